The quantitative estimate of drug-likeness (QED) is 0.632. The van der Waals surface area contributed by atoms with Gasteiger partial charge in [0.2, 0.25) is 5.88 Å². The summed E-state index contributed by atoms with van der Waals surface area (Å²) in [4.78, 5) is 17.1. The Bertz CT molecular complexity index is 1170. The third-order valence-electron chi connectivity index (χ3n) is 3.36. The van der Waals surface area contributed by atoms with Crippen molar-refractivity contribution in [2.45, 2.75) is 0 Å². The van der Waals surface area contributed by atoms with E-state index < -0.39 is 5.56 Å². The molecule has 6 nitrogen and oxygen atoms in total. The summed E-state index contributed by atoms with van der Waals surface area (Å²) in [6.07, 6.45) is 2.66. The number of hydrogen-bond donors (Lipinski definition) is 0. The molecule has 0 radical (unpaired) electrons. The second-order valence-electron chi connectivity index (χ2n) is 5.02. The van der Waals surface area contributed by atoms with Crippen molar-refractivity contribution in [1.29, 1.82) is 10.5 Å². The van der Waals surface area contributed by atoms with Gasteiger partial charge in [-0.3, -0.25) is 9.20 Å². The molecule has 0 aliphatic rings. The minimum Gasteiger partial charge on any atom is -0.437 e. The SMILES string of the molecule is N#CC(C#N)=Cc1c(Oc2ccc(Cl)cc2Cl)nc2ccccn2c1=O. The normalized spacial score (nSPS) is 10.0. The predicted molar refractivity (Wildman–Crippen MR) is 97.2 cm³/mol. The van der Waals surface area contributed by atoms with Crippen molar-refractivity contribution in [2.24, 2.45) is 0 Å². The summed E-state index contributed by atoms with van der Waals surface area (Å²) in [6, 6.07) is 13.0. The zero-order valence-corrected chi connectivity index (χ0v) is 14.5. The average molecular weight is 383 g/mol. The molecule has 0 fully saturated rings. The van der Waals surface area contributed by atoms with Gasteiger partial charge < -0.3 is 4.74 Å². The number of nitriles is 2. The van der Waals surface area contributed by atoms with Crippen LogP contribution in [0.25, 0.3) is 11.7 Å². The van der Waals surface area contributed by atoms with Crippen molar-refractivity contribution >= 4 is 34.9 Å². The molecule has 2 aromatic heterocycles. The molecule has 26 heavy (non-hydrogen) atoms. The molecule has 0 amide bonds. The topological polar surface area (TPSA) is 91.2 Å². The third kappa shape index (κ3) is 3.38. The van der Waals surface area contributed by atoms with E-state index in [9.17, 15) is 4.79 Å². The molecule has 0 aliphatic heterocycles. The van der Waals surface area contributed by atoms with Crippen LogP contribution in [0.2, 0.25) is 10.0 Å². The number of allylic oxidation sites excluding steroid dienone is 1. The summed E-state index contributed by atoms with van der Waals surface area (Å²) < 4.78 is 6.98. The molecule has 0 N–H and O–H groups in total. The van der Waals surface area contributed by atoms with Gasteiger partial charge in [-0.2, -0.15) is 15.5 Å². The minimum atomic E-state index is -0.487. The van der Waals surface area contributed by atoms with Crippen LogP contribution in [0, 0.1) is 22.7 Å². The lowest BCUT2D eigenvalue weighted by atomic mass is 10.2. The number of aromatic nitrogens is 2. The molecule has 3 aromatic rings. The molecule has 8 heteroatoms. The first kappa shape index (κ1) is 17.5. The lowest BCUT2D eigenvalue weighted by molar-refractivity contribution is 0.461. The Hall–Kier alpha value is -3.32. The average Bonchev–Trinajstić information content (AvgIpc) is 2.64. The number of halogens is 2. The van der Waals surface area contributed by atoms with E-state index in [1.54, 1.807) is 36.4 Å². The van der Waals surface area contributed by atoms with Gasteiger partial charge in [0, 0.05) is 11.2 Å². The first-order chi connectivity index (χ1) is 12.5. The van der Waals surface area contributed by atoms with Crippen molar-refractivity contribution in [2.75, 3.05) is 0 Å². The van der Waals surface area contributed by atoms with Crippen LogP contribution in [-0.2, 0) is 0 Å². The zero-order chi connectivity index (χ0) is 18.7. The van der Waals surface area contributed by atoms with Gasteiger partial charge in [-0.25, -0.2) is 0 Å². The first-order valence-electron chi connectivity index (χ1n) is 7.19. The second kappa shape index (κ2) is 7.28. The number of rotatable bonds is 3. The van der Waals surface area contributed by atoms with E-state index in [1.807, 2.05) is 0 Å². The molecule has 0 atom stereocenters. The van der Waals surface area contributed by atoms with E-state index in [4.69, 9.17) is 38.5 Å². The van der Waals surface area contributed by atoms with Crippen LogP contribution in [0.1, 0.15) is 5.56 Å². The maximum Gasteiger partial charge on any atom is 0.269 e. The fraction of sp³-hybridized carbons (Fsp3) is 0. The Morgan fingerprint density at radius 3 is 2.65 bits per heavy atom. The molecule has 2 heterocycles. The maximum absolute atomic E-state index is 12.8. The highest BCUT2D eigenvalue weighted by atomic mass is 35.5. The molecule has 0 unspecified atom stereocenters. The molecule has 0 aliphatic carbocycles. The Morgan fingerprint density at radius 1 is 1.19 bits per heavy atom. The summed E-state index contributed by atoms with van der Waals surface area (Å²) in [7, 11) is 0. The van der Waals surface area contributed by atoms with E-state index in [1.165, 1.54) is 22.7 Å². The summed E-state index contributed by atoms with van der Waals surface area (Å²) in [5, 5.41) is 18.6. The first-order valence-corrected chi connectivity index (χ1v) is 7.95. The third-order valence-corrected chi connectivity index (χ3v) is 3.89. The fourth-order valence-corrected chi connectivity index (χ4v) is 2.63. The molecule has 3 rings (SSSR count). The lowest BCUT2D eigenvalue weighted by Crippen LogP contribution is -2.18. The van der Waals surface area contributed by atoms with E-state index in [0.717, 1.165) is 6.08 Å². The van der Waals surface area contributed by atoms with Crippen LogP contribution >= 0.6 is 23.2 Å². The predicted octanol–water partition coefficient (Wildman–Crippen LogP) is 4.22. The molecule has 0 saturated carbocycles. The smallest absolute Gasteiger partial charge is 0.269 e. The van der Waals surface area contributed by atoms with Gasteiger partial charge in [0.1, 0.15) is 34.7 Å². The molecule has 0 bridgehead atoms. The van der Waals surface area contributed by atoms with Crippen molar-refractivity contribution < 1.29 is 4.74 Å². The van der Waals surface area contributed by atoms with Crippen LogP contribution < -0.4 is 10.3 Å². The molecule has 1 aromatic carbocycles. The van der Waals surface area contributed by atoms with Crippen LogP contribution in [0.5, 0.6) is 11.6 Å². The Balaban J connectivity index is 2.26. The summed E-state index contributed by atoms with van der Waals surface area (Å²) in [6.45, 7) is 0. The van der Waals surface area contributed by atoms with E-state index in [2.05, 4.69) is 4.98 Å². The highest BCUT2D eigenvalue weighted by Crippen LogP contribution is 2.32. The summed E-state index contributed by atoms with van der Waals surface area (Å²) >= 11 is 12.0. The van der Waals surface area contributed by atoms with Gasteiger partial charge in [0.05, 0.1) is 5.02 Å². The number of nitrogens with zero attached hydrogens (tertiary/aromatic N) is 4. The number of benzene rings is 1. The van der Waals surface area contributed by atoms with Gasteiger partial charge in [0.25, 0.3) is 5.56 Å². The zero-order valence-electron chi connectivity index (χ0n) is 13.0. The number of ether oxygens (including phenoxy) is 1. The van der Waals surface area contributed by atoms with Crippen LogP contribution in [-0.4, -0.2) is 9.38 Å². The molecule has 0 saturated heterocycles. The van der Waals surface area contributed by atoms with Gasteiger partial charge in [-0.1, -0.05) is 29.3 Å². The second-order valence-corrected chi connectivity index (χ2v) is 5.87. The van der Waals surface area contributed by atoms with Crippen molar-refractivity contribution in [3.05, 3.63) is 74.1 Å². The van der Waals surface area contributed by atoms with Crippen molar-refractivity contribution in [1.82, 2.24) is 9.38 Å². The number of fused-ring (bicyclic) bond motifs is 1. The highest BCUT2D eigenvalue weighted by Gasteiger charge is 2.15. The lowest BCUT2D eigenvalue weighted by Gasteiger charge is -2.11. The van der Waals surface area contributed by atoms with E-state index in [-0.39, 0.29) is 27.8 Å². The maximum atomic E-state index is 12.8. The number of hydrogen-bond acceptors (Lipinski definition) is 5. The van der Waals surface area contributed by atoms with Crippen molar-refractivity contribution in [3.8, 4) is 23.8 Å². The van der Waals surface area contributed by atoms with Gasteiger partial charge in [-0.15, -0.1) is 0 Å². The van der Waals surface area contributed by atoms with Gasteiger partial charge >= 0.3 is 0 Å². The molecule has 0 spiro atoms. The van der Waals surface area contributed by atoms with Gasteiger partial charge in [0.15, 0.2) is 0 Å². The van der Waals surface area contributed by atoms with E-state index >= 15 is 0 Å². The van der Waals surface area contributed by atoms with Gasteiger partial charge in [-0.05, 0) is 36.4 Å². The standard InChI is InChI=1S/C18H8Cl2N4O2/c19-12-4-5-15(14(20)8-12)26-17-13(7-11(9-21)10-22)18(25)24-6-2-1-3-16(24)23-17/h1-8H. The Labute approximate surface area is 157 Å². The largest absolute Gasteiger partial charge is 0.437 e. The minimum absolute atomic E-state index is 0.0437. The molecule has 126 valence electrons. The molecular weight excluding hydrogens is 375 g/mol. The Morgan fingerprint density at radius 2 is 1.96 bits per heavy atom. The monoisotopic (exact) mass is 382 g/mol. The van der Waals surface area contributed by atoms with Crippen LogP contribution in [0.15, 0.2) is 53.0 Å². The summed E-state index contributed by atoms with van der Waals surface area (Å²) in [5.41, 5.74) is -0.450. The van der Waals surface area contributed by atoms with Crippen LogP contribution in [0.4, 0.5) is 0 Å². The van der Waals surface area contributed by atoms with Crippen LogP contribution in [0.3, 0.4) is 0 Å². The van der Waals surface area contributed by atoms with Crippen molar-refractivity contribution in [3.63, 3.8) is 0 Å². The van der Waals surface area contributed by atoms with E-state index in [0.29, 0.717) is 10.7 Å². The fourth-order valence-electron chi connectivity index (χ4n) is 2.18. The number of pyridine rings is 1. The Kier molecular flexibility index (Phi) is 4.90. The molecular formula is C18H8Cl2N4O2. The summed E-state index contributed by atoms with van der Waals surface area (Å²) in [5.74, 6) is 0.154. The highest BCUT2D eigenvalue weighted by molar-refractivity contribution is 6.35.